The first kappa shape index (κ1) is 21.1. The number of urea groups is 1. The van der Waals surface area contributed by atoms with Crippen LogP contribution in [-0.2, 0) is 9.53 Å². The van der Waals surface area contributed by atoms with Crippen molar-refractivity contribution in [1.82, 2.24) is 5.32 Å². The molecule has 3 saturated heterocycles. The normalized spacial score (nSPS) is 25.0. The van der Waals surface area contributed by atoms with Crippen molar-refractivity contribution >= 4 is 40.6 Å². The van der Waals surface area contributed by atoms with Crippen LogP contribution in [0.25, 0.3) is 0 Å². The van der Waals surface area contributed by atoms with Crippen LogP contribution < -0.4 is 20.4 Å². The molecule has 5 rings (SSSR count). The van der Waals surface area contributed by atoms with Gasteiger partial charge in [0.25, 0.3) is 0 Å². The lowest BCUT2D eigenvalue weighted by Gasteiger charge is -2.33. The largest absolute Gasteiger partial charge is 0.381 e. The van der Waals surface area contributed by atoms with Crippen LogP contribution in [0, 0.1) is 11.8 Å². The third-order valence-corrected chi connectivity index (χ3v) is 6.86. The number of ether oxygens (including phenoxy) is 1. The summed E-state index contributed by atoms with van der Waals surface area (Å²) < 4.78 is 5.57. The molecule has 2 aromatic carbocycles. The molecule has 32 heavy (non-hydrogen) atoms. The van der Waals surface area contributed by atoms with Gasteiger partial charge >= 0.3 is 6.03 Å². The van der Waals surface area contributed by atoms with Crippen molar-refractivity contribution in [3.8, 4) is 0 Å². The van der Waals surface area contributed by atoms with Crippen LogP contribution in [0.4, 0.5) is 21.9 Å². The molecule has 0 radical (unpaired) electrons. The molecule has 168 valence electrons. The molecule has 7 nitrogen and oxygen atoms in total. The quantitative estimate of drug-likeness (QED) is 0.738. The Labute approximate surface area is 192 Å². The Hall–Kier alpha value is -2.77. The van der Waals surface area contributed by atoms with Gasteiger partial charge in [0.15, 0.2) is 0 Å². The molecule has 3 fully saturated rings. The molecule has 3 aliphatic rings. The second-order valence-corrected chi connectivity index (χ2v) is 9.21. The van der Waals surface area contributed by atoms with Gasteiger partial charge in [-0.3, -0.25) is 4.79 Å². The SMILES string of the molecule is O=C(Nc1ccc(Cl)cc1)N[C@@H]1CCCN(c2ccc(N3CC4COC[C@@H]4C3)cc2)C1=O. The van der Waals surface area contributed by atoms with E-state index in [4.69, 9.17) is 16.3 Å². The number of halogens is 1. The number of rotatable bonds is 4. The monoisotopic (exact) mass is 454 g/mol. The van der Waals surface area contributed by atoms with Gasteiger partial charge in [0.1, 0.15) is 6.04 Å². The lowest BCUT2D eigenvalue weighted by atomic mass is 10.0. The molecule has 3 atom stereocenters. The fraction of sp³-hybridized carbons (Fsp3) is 0.417. The second kappa shape index (κ2) is 9.00. The number of anilines is 3. The first-order valence-corrected chi connectivity index (χ1v) is 11.5. The summed E-state index contributed by atoms with van der Waals surface area (Å²) in [4.78, 5) is 29.6. The van der Waals surface area contributed by atoms with Gasteiger partial charge in [-0.2, -0.15) is 0 Å². The zero-order valence-corrected chi connectivity index (χ0v) is 18.6. The minimum Gasteiger partial charge on any atom is -0.381 e. The van der Waals surface area contributed by atoms with E-state index in [9.17, 15) is 9.59 Å². The molecule has 0 aliphatic carbocycles. The molecule has 3 heterocycles. The Bertz CT molecular complexity index is 970. The molecule has 3 aliphatic heterocycles. The van der Waals surface area contributed by atoms with Crippen LogP contribution in [0.3, 0.4) is 0 Å². The zero-order chi connectivity index (χ0) is 22.1. The predicted molar refractivity (Wildman–Crippen MR) is 125 cm³/mol. The fourth-order valence-electron chi connectivity index (χ4n) is 4.87. The van der Waals surface area contributed by atoms with E-state index in [0.29, 0.717) is 35.5 Å². The minimum atomic E-state index is -0.548. The van der Waals surface area contributed by atoms with Crippen LogP contribution >= 0.6 is 11.6 Å². The van der Waals surface area contributed by atoms with Crippen molar-refractivity contribution < 1.29 is 14.3 Å². The number of carbonyl (C=O) groups is 2. The molecule has 0 aromatic heterocycles. The number of amides is 3. The lowest BCUT2D eigenvalue weighted by molar-refractivity contribution is -0.121. The number of hydrogen-bond donors (Lipinski definition) is 2. The summed E-state index contributed by atoms with van der Waals surface area (Å²) >= 11 is 5.88. The summed E-state index contributed by atoms with van der Waals surface area (Å²) in [5.41, 5.74) is 2.68. The molecule has 2 aromatic rings. The van der Waals surface area contributed by atoms with E-state index in [2.05, 4.69) is 27.7 Å². The van der Waals surface area contributed by atoms with Crippen molar-refractivity contribution in [2.45, 2.75) is 18.9 Å². The van der Waals surface area contributed by atoms with E-state index in [1.807, 2.05) is 12.1 Å². The maximum atomic E-state index is 13.1. The second-order valence-electron chi connectivity index (χ2n) is 8.77. The third kappa shape index (κ3) is 4.40. The van der Waals surface area contributed by atoms with Crippen LogP contribution in [-0.4, -0.2) is 50.8 Å². The highest BCUT2D eigenvalue weighted by molar-refractivity contribution is 6.30. The summed E-state index contributed by atoms with van der Waals surface area (Å²) in [6, 6.07) is 14.1. The first-order chi connectivity index (χ1) is 15.6. The van der Waals surface area contributed by atoms with Gasteiger partial charge in [0, 0.05) is 53.6 Å². The van der Waals surface area contributed by atoms with E-state index < -0.39 is 12.1 Å². The number of benzene rings is 2. The Morgan fingerprint density at radius 2 is 1.62 bits per heavy atom. The Balaban J connectivity index is 1.20. The molecular weight excluding hydrogens is 428 g/mol. The van der Waals surface area contributed by atoms with Crippen molar-refractivity contribution in [3.63, 3.8) is 0 Å². The number of fused-ring (bicyclic) bond motifs is 1. The summed E-state index contributed by atoms with van der Waals surface area (Å²) in [6.07, 6.45) is 1.45. The van der Waals surface area contributed by atoms with Crippen LogP contribution in [0.15, 0.2) is 48.5 Å². The van der Waals surface area contributed by atoms with E-state index >= 15 is 0 Å². The number of carbonyl (C=O) groups excluding carboxylic acids is 2. The van der Waals surface area contributed by atoms with Crippen LogP contribution in [0.2, 0.25) is 5.02 Å². The Morgan fingerprint density at radius 3 is 2.31 bits per heavy atom. The number of nitrogens with zero attached hydrogens (tertiary/aromatic N) is 2. The van der Waals surface area contributed by atoms with Crippen molar-refractivity contribution in [2.75, 3.05) is 48.0 Å². The van der Waals surface area contributed by atoms with E-state index in [-0.39, 0.29) is 5.91 Å². The number of hydrogen-bond acceptors (Lipinski definition) is 4. The van der Waals surface area contributed by atoms with Crippen LogP contribution in [0.5, 0.6) is 0 Å². The highest BCUT2D eigenvalue weighted by Crippen LogP contribution is 2.33. The van der Waals surface area contributed by atoms with Crippen molar-refractivity contribution in [3.05, 3.63) is 53.6 Å². The highest BCUT2D eigenvalue weighted by Gasteiger charge is 2.37. The Kier molecular flexibility index (Phi) is 5.93. The van der Waals surface area contributed by atoms with Crippen LogP contribution in [0.1, 0.15) is 12.8 Å². The molecule has 0 saturated carbocycles. The van der Waals surface area contributed by atoms with Crippen molar-refractivity contribution in [2.24, 2.45) is 11.8 Å². The maximum Gasteiger partial charge on any atom is 0.319 e. The average molecular weight is 455 g/mol. The van der Waals surface area contributed by atoms with Gasteiger partial charge in [-0.1, -0.05) is 11.6 Å². The summed E-state index contributed by atoms with van der Waals surface area (Å²) in [5.74, 6) is 1.18. The smallest absolute Gasteiger partial charge is 0.319 e. The average Bonchev–Trinajstić information content (AvgIpc) is 3.40. The number of piperidine rings is 1. The van der Waals surface area contributed by atoms with E-state index in [1.54, 1.807) is 29.2 Å². The third-order valence-electron chi connectivity index (χ3n) is 6.61. The van der Waals surface area contributed by atoms with Gasteiger partial charge < -0.3 is 25.2 Å². The topological polar surface area (TPSA) is 73.9 Å². The molecular formula is C24H27ClN4O3. The lowest BCUT2D eigenvalue weighted by Crippen LogP contribution is -2.53. The minimum absolute atomic E-state index is 0.0805. The summed E-state index contributed by atoms with van der Waals surface area (Å²) in [7, 11) is 0. The fourth-order valence-corrected chi connectivity index (χ4v) is 4.99. The van der Waals surface area contributed by atoms with Gasteiger partial charge in [-0.15, -0.1) is 0 Å². The van der Waals surface area contributed by atoms with E-state index in [1.165, 1.54) is 5.69 Å². The summed E-state index contributed by atoms with van der Waals surface area (Å²) in [5, 5.41) is 6.17. The first-order valence-electron chi connectivity index (χ1n) is 11.1. The predicted octanol–water partition coefficient (Wildman–Crippen LogP) is 3.74. The molecule has 0 spiro atoms. The van der Waals surface area contributed by atoms with Gasteiger partial charge in [-0.05, 0) is 61.4 Å². The highest BCUT2D eigenvalue weighted by atomic mass is 35.5. The standard InChI is InChI=1S/C24H27ClN4O3/c25-18-3-5-19(6-4-18)26-24(31)27-22-2-1-11-29(23(22)30)21-9-7-20(8-10-21)28-12-16-14-32-15-17(16)13-28/h3-10,16-17,22H,1-2,11-15H2,(H2,26,27,31)/t16-,17?,22+/m0/s1. The Morgan fingerprint density at radius 1 is 0.969 bits per heavy atom. The number of nitrogens with one attached hydrogen (secondary N) is 2. The molecule has 2 N–H and O–H groups in total. The summed E-state index contributed by atoms with van der Waals surface area (Å²) in [6.45, 7) is 4.44. The maximum absolute atomic E-state index is 13.1. The van der Waals surface area contributed by atoms with Gasteiger partial charge in [0.2, 0.25) is 5.91 Å². The molecule has 8 heteroatoms. The van der Waals surface area contributed by atoms with Gasteiger partial charge in [0.05, 0.1) is 13.2 Å². The van der Waals surface area contributed by atoms with E-state index in [0.717, 1.165) is 38.4 Å². The molecule has 0 bridgehead atoms. The van der Waals surface area contributed by atoms with Gasteiger partial charge in [-0.25, -0.2) is 4.79 Å². The molecule has 3 amide bonds. The van der Waals surface area contributed by atoms with Crippen molar-refractivity contribution in [1.29, 1.82) is 0 Å². The zero-order valence-electron chi connectivity index (χ0n) is 17.8. The molecule has 1 unspecified atom stereocenters.